The standard InChI is InChI=1S/C12H15NO/c14-12(13-5-1-2-6-13)10-4-3-9-7-11(9)8-10/h3-4,8-9,11H,1-2,5-7H2. The third-order valence-electron chi connectivity index (χ3n) is 3.45. The Morgan fingerprint density at radius 3 is 2.79 bits per heavy atom. The molecular formula is C12H15NO. The summed E-state index contributed by atoms with van der Waals surface area (Å²) in [6, 6.07) is 0. The Morgan fingerprint density at radius 2 is 2.07 bits per heavy atom. The van der Waals surface area contributed by atoms with Crippen molar-refractivity contribution in [3.05, 3.63) is 23.8 Å². The van der Waals surface area contributed by atoms with Gasteiger partial charge in [0.25, 0.3) is 5.91 Å². The van der Waals surface area contributed by atoms with Crippen molar-refractivity contribution in [1.82, 2.24) is 4.90 Å². The zero-order valence-corrected chi connectivity index (χ0v) is 8.28. The number of likely N-dealkylation sites (tertiary alicyclic amines) is 1. The number of hydrogen-bond donors (Lipinski definition) is 0. The lowest BCUT2D eigenvalue weighted by molar-refractivity contribution is -0.125. The normalized spacial score (nSPS) is 34.0. The third-order valence-corrected chi connectivity index (χ3v) is 3.45. The predicted octanol–water partition coefficient (Wildman–Crippen LogP) is 1.74. The van der Waals surface area contributed by atoms with Crippen molar-refractivity contribution < 1.29 is 4.79 Å². The van der Waals surface area contributed by atoms with Gasteiger partial charge in [0.2, 0.25) is 0 Å². The first-order valence-corrected chi connectivity index (χ1v) is 5.54. The monoisotopic (exact) mass is 189 g/mol. The summed E-state index contributed by atoms with van der Waals surface area (Å²) in [5, 5.41) is 0. The average molecular weight is 189 g/mol. The van der Waals surface area contributed by atoms with Gasteiger partial charge in [0, 0.05) is 18.7 Å². The molecule has 1 amide bonds. The molecule has 0 aromatic heterocycles. The van der Waals surface area contributed by atoms with Crippen molar-refractivity contribution in [2.75, 3.05) is 13.1 Å². The van der Waals surface area contributed by atoms with Crippen LogP contribution in [0.4, 0.5) is 0 Å². The Balaban J connectivity index is 1.75. The molecule has 2 nitrogen and oxygen atoms in total. The van der Waals surface area contributed by atoms with E-state index in [0.717, 1.165) is 24.6 Å². The lowest BCUT2D eigenvalue weighted by atomic mass is 10.1. The van der Waals surface area contributed by atoms with Gasteiger partial charge in [-0.2, -0.15) is 0 Å². The molecule has 2 unspecified atom stereocenters. The Labute approximate surface area is 84.3 Å². The molecule has 3 aliphatic rings. The highest BCUT2D eigenvalue weighted by molar-refractivity contribution is 5.96. The number of carbonyl (C=O) groups is 1. The van der Waals surface area contributed by atoms with Crippen molar-refractivity contribution in [1.29, 1.82) is 0 Å². The van der Waals surface area contributed by atoms with Gasteiger partial charge in [0.1, 0.15) is 0 Å². The minimum Gasteiger partial charge on any atom is -0.339 e. The van der Waals surface area contributed by atoms with Gasteiger partial charge in [-0.05, 0) is 31.1 Å². The van der Waals surface area contributed by atoms with Crippen LogP contribution in [0.5, 0.6) is 0 Å². The molecule has 0 aromatic rings. The second-order valence-electron chi connectivity index (χ2n) is 4.54. The number of allylic oxidation sites excluding steroid dienone is 2. The van der Waals surface area contributed by atoms with Gasteiger partial charge >= 0.3 is 0 Å². The molecule has 74 valence electrons. The van der Waals surface area contributed by atoms with Crippen molar-refractivity contribution in [3.8, 4) is 0 Å². The molecule has 0 bridgehead atoms. The van der Waals surface area contributed by atoms with Gasteiger partial charge < -0.3 is 4.90 Å². The summed E-state index contributed by atoms with van der Waals surface area (Å²) in [5.74, 6) is 1.69. The smallest absolute Gasteiger partial charge is 0.253 e. The second-order valence-corrected chi connectivity index (χ2v) is 4.54. The first kappa shape index (κ1) is 8.27. The summed E-state index contributed by atoms with van der Waals surface area (Å²) in [7, 11) is 0. The molecule has 3 rings (SSSR count). The summed E-state index contributed by atoms with van der Waals surface area (Å²) < 4.78 is 0. The topological polar surface area (TPSA) is 20.3 Å². The maximum Gasteiger partial charge on any atom is 0.253 e. The quantitative estimate of drug-likeness (QED) is 0.615. The average Bonchev–Trinajstić information content (AvgIpc) is 2.78. The summed E-state index contributed by atoms with van der Waals surface area (Å²) in [4.78, 5) is 14.0. The van der Waals surface area contributed by atoms with E-state index in [-0.39, 0.29) is 5.91 Å². The van der Waals surface area contributed by atoms with E-state index in [1.165, 1.54) is 19.3 Å². The van der Waals surface area contributed by atoms with Crippen molar-refractivity contribution in [2.45, 2.75) is 19.3 Å². The second kappa shape index (κ2) is 2.97. The van der Waals surface area contributed by atoms with Gasteiger partial charge in [-0.1, -0.05) is 18.2 Å². The zero-order chi connectivity index (χ0) is 9.54. The Hall–Kier alpha value is -1.05. The van der Waals surface area contributed by atoms with Crippen LogP contribution in [0, 0.1) is 11.8 Å². The van der Waals surface area contributed by atoms with Gasteiger partial charge in [0.05, 0.1) is 0 Å². The van der Waals surface area contributed by atoms with Gasteiger partial charge in [-0.15, -0.1) is 0 Å². The van der Waals surface area contributed by atoms with E-state index < -0.39 is 0 Å². The fourth-order valence-electron chi connectivity index (χ4n) is 2.41. The van der Waals surface area contributed by atoms with E-state index in [4.69, 9.17) is 0 Å². The molecule has 0 aromatic carbocycles. The Bertz CT molecular complexity index is 323. The lowest BCUT2D eigenvalue weighted by Gasteiger charge is -2.16. The van der Waals surface area contributed by atoms with Gasteiger partial charge in [0.15, 0.2) is 0 Å². The summed E-state index contributed by atoms with van der Waals surface area (Å²) in [5.41, 5.74) is 0.936. The fourth-order valence-corrected chi connectivity index (χ4v) is 2.41. The van der Waals surface area contributed by atoms with E-state index in [2.05, 4.69) is 12.2 Å². The van der Waals surface area contributed by atoms with E-state index in [0.29, 0.717) is 5.92 Å². The van der Waals surface area contributed by atoms with Crippen LogP contribution in [0.1, 0.15) is 19.3 Å². The predicted molar refractivity (Wildman–Crippen MR) is 54.6 cm³/mol. The molecule has 2 heteroatoms. The largest absolute Gasteiger partial charge is 0.339 e. The number of fused-ring (bicyclic) bond motifs is 1. The molecule has 2 atom stereocenters. The summed E-state index contributed by atoms with van der Waals surface area (Å²) >= 11 is 0. The number of rotatable bonds is 1. The molecule has 1 aliphatic heterocycles. The summed E-state index contributed by atoms with van der Waals surface area (Å²) in [6.07, 6.45) is 10.0. The minimum absolute atomic E-state index is 0.254. The van der Waals surface area contributed by atoms with E-state index >= 15 is 0 Å². The van der Waals surface area contributed by atoms with Crippen LogP contribution in [0.2, 0.25) is 0 Å². The molecule has 14 heavy (non-hydrogen) atoms. The number of carbonyl (C=O) groups excluding carboxylic acids is 1. The van der Waals surface area contributed by atoms with E-state index in [1.807, 2.05) is 11.0 Å². The summed E-state index contributed by atoms with van der Waals surface area (Å²) in [6.45, 7) is 1.91. The zero-order valence-electron chi connectivity index (χ0n) is 8.28. The van der Waals surface area contributed by atoms with Crippen molar-refractivity contribution >= 4 is 5.91 Å². The molecule has 2 aliphatic carbocycles. The van der Waals surface area contributed by atoms with Crippen LogP contribution in [0.3, 0.4) is 0 Å². The highest BCUT2D eigenvalue weighted by Crippen LogP contribution is 2.44. The number of hydrogen-bond acceptors (Lipinski definition) is 1. The third kappa shape index (κ3) is 1.29. The van der Waals surface area contributed by atoms with Crippen LogP contribution >= 0.6 is 0 Å². The molecule has 1 saturated heterocycles. The van der Waals surface area contributed by atoms with E-state index in [9.17, 15) is 4.79 Å². The highest BCUT2D eigenvalue weighted by Gasteiger charge is 2.36. The molecule has 1 saturated carbocycles. The van der Waals surface area contributed by atoms with Gasteiger partial charge in [-0.25, -0.2) is 0 Å². The van der Waals surface area contributed by atoms with Crippen LogP contribution in [-0.4, -0.2) is 23.9 Å². The lowest BCUT2D eigenvalue weighted by Crippen LogP contribution is -2.28. The molecule has 0 N–H and O–H groups in total. The van der Waals surface area contributed by atoms with Gasteiger partial charge in [-0.3, -0.25) is 4.79 Å². The number of amides is 1. The highest BCUT2D eigenvalue weighted by atomic mass is 16.2. The SMILES string of the molecule is O=C(C1=CC2CC2C=C1)N1CCCC1. The van der Waals surface area contributed by atoms with Crippen LogP contribution in [0.25, 0.3) is 0 Å². The van der Waals surface area contributed by atoms with Crippen LogP contribution in [0.15, 0.2) is 23.8 Å². The maximum atomic E-state index is 12.0. The molecular weight excluding hydrogens is 174 g/mol. The Kier molecular flexibility index (Phi) is 1.76. The van der Waals surface area contributed by atoms with Crippen molar-refractivity contribution in [3.63, 3.8) is 0 Å². The Morgan fingerprint density at radius 1 is 1.29 bits per heavy atom. The first-order chi connectivity index (χ1) is 6.84. The molecule has 2 fully saturated rings. The molecule has 1 heterocycles. The van der Waals surface area contributed by atoms with E-state index in [1.54, 1.807) is 0 Å². The molecule has 0 radical (unpaired) electrons. The molecule has 0 spiro atoms. The fraction of sp³-hybridized carbons (Fsp3) is 0.583. The first-order valence-electron chi connectivity index (χ1n) is 5.54. The van der Waals surface area contributed by atoms with Crippen LogP contribution < -0.4 is 0 Å². The minimum atomic E-state index is 0.254. The maximum absolute atomic E-state index is 12.0. The van der Waals surface area contributed by atoms with Crippen LogP contribution in [-0.2, 0) is 4.79 Å². The number of nitrogens with zero attached hydrogens (tertiary/aromatic N) is 1. The van der Waals surface area contributed by atoms with Crippen molar-refractivity contribution in [2.24, 2.45) is 11.8 Å².